The zero-order valence-corrected chi connectivity index (χ0v) is 19.1. The summed E-state index contributed by atoms with van der Waals surface area (Å²) >= 11 is 3.11. The Morgan fingerprint density at radius 3 is 2.94 bits per heavy atom. The molecule has 0 bridgehead atoms. The molecular weight excluding hydrogens is 461 g/mol. The van der Waals surface area contributed by atoms with Crippen molar-refractivity contribution in [3.05, 3.63) is 71.4 Å². The lowest BCUT2D eigenvalue weighted by atomic mass is 10.1. The van der Waals surface area contributed by atoms with Crippen LogP contribution < -0.4 is 10.1 Å². The number of anilines is 1. The number of para-hydroxylation sites is 2. The summed E-state index contributed by atoms with van der Waals surface area (Å²) in [5, 5.41) is 15.0. The Bertz CT molecular complexity index is 1350. The van der Waals surface area contributed by atoms with Gasteiger partial charge in [0.05, 0.1) is 23.4 Å². The van der Waals surface area contributed by atoms with Crippen molar-refractivity contribution in [2.24, 2.45) is 4.99 Å². The number of aromatic nitrogens is 3. The van der Waals surface area contributed by atoms with Gasteiger partial charge in [0.15, 0.2) is 17.2 Å². The average Bonchev–Trinajstić information content (AvgIpc) is 3.21. The highest BCUT2D eigenvalue weighted by Gasteiger charge is 2.44. The van der Waals surface area contributed by atoms with Gasteiger partial charge in [0.1, 0.15) is 23.5 Å². The molecule has 1 N–H and O–H groups in total. The number of thioether (sulfide) groups is 1. The van der Waals surface area contributed by atoms with E-state index in [4.69, 9.17) is 9.47 Å². The number of methoxy groups -OCH3 is 1. The van der Waals surface area contributed by atoms with E-state index >= 15 is 0 Å². The third-order valence-corrected chi connectivity index (χ3v) is 7.20. The van der Waals surface area contributed by atoms with Crippen LogP contribution in [0.1, 0.15) is 11.7 Å². The number of fused-ring (bicyclic) bond motifs is 3. The summed E-state index contributed by atoms with van der Waals surface area (Å²) in [6, 6.07) is 16.5. The van der Waals surface area contributed by atoms with Crippen LogP contribution in [0.3, 0.4) is 0 Å². The van der Waals surface area contributed by atoms with Crippen LogP contribution in [0.15, 0.2) is 70.1 Å². The van der Waals surface area contributed by atoms with E-state index in [1.807, 2.05) is 46.3 Å². The van der Waals surface area contributed by atoms with Crippen LogP contribution in [-0.2, 0) is 4.74 Å². The van der Waals surface area contributed by atoms with E-state index in [0.29, 0.717) is 10.9 Å². The van der Waals surface area contributed by atoms with Crippen LogP contribution in [0.4, 0.5) is 10.1 Å². The molecule has 7 nitrogen and oxygen atoms in total. The van der Waals surface area contributed by atoms with Crippen molar-refractivity contribution in [2.45, 2.75) is 17.5 Å². The number of nitrogens with zero attached hydrogens (tertiary/aromatic N) is 4. The molecule has 0 amide bonds. The predicted molar refractivity (Wildman–Crippen MR) is 127 cm³/mol. The van der Waals surface area contributed by atoms with E-state index in [2.05, 4.69) is 20.5 Å². The quantitative estimate of drug-likeness (QED) is 0.304. The molecule has 4 aromatic rings. The Morgan fingerprint density at radius 2 is 2.09 bits per heavy atom. The SMILES string of the molecule is COc1ccccc1-n1c(SCC2=NC3OC3c3cc(F)ccc3N2)nnc1-c1cccs1. The third kappa shape index (κ3) is 3.79. The van der Waals surface area contributed by atoms with Gasteiger partial charge in [-0.05, 0) is 41.8 Å². The molecule has 1 saturated heterocycles. The number of aliphatic imine (C=N–C) groups is 1. The second kappa shape index (κ2) is 8.29. The number of rotatable bonds is 6. The number of benzene rings is 2. The van der Waals surface area contributed by atoms with Crippen LogP contribution >= 0.6 is 23.1 Å². The number of ether oxygens (including phenoxy) is 2. The first kappa shape index (κ1) is 20.4. The van der Waals surface area contributed by atoms with Crippen LogP contribution in [0.2, 0.25) is 0 Å². The first-order chi connectivity index (χ1) is 16.2. The van der Waals surface area contributed by atoms with E-state index in [1.54, 1.807) is 24.5 Å². The summed E-state index contributed by atoms with van der Waals surface area (Å²) in [5.41, 5.74) is 2.46. The monoisotopic (exact) mass is 479 g/mol. The fraction of sp³-hybridized carbons (Fsp3) is 0.174. The molecule has 0 saturated carbocycles. The number of nitrogens with one attached hydrogen (secondary N) is 1. The van der Waals surface area contributed by atoms with Crippen molar-refractivity contribution in [2.75, 3.05) is 18.2 Å². The number of epoxide rings is 1. The lowest BCUT2D eigenvalue weighted by Gasteiger charge is -2.14. The van der Waals surface area contributed by atoms with Crippen molar-refractivity contribution in [3.8, 4) is 22.1 Å². The van der Waals surface area contributed by atoms with E-state index in [0.717, 1.165) is 39.2 Å². The predicted octanol–water partition coefficient (Wildman–Crippen LogP) is 5.16. The van der Waals surface area contributed by atoms with Crippen molar-refractivity contribution < 1.29 is 13.9 Å². The topological polar surface area (TPSA) is 76.9 Å². The van der Waals surface area contributed by atoms with Gasteiger partial charge in [0.2, 0.25) is 0 Å². The second-order valence-electron chi connectivity index (χ2n) is 7.46. The van der Waals surface area contributed by atoms with Gasteiger partial charge >= 0.3 is 0 Å². The molecule has 0 aliphatic carbocycles. The fourth-order valence-corrected chi connectivity index (χ4v) is 5.34. The molecule has 2 aromatic carbocycles. The molecule has 0 spiro atoms. The lowest BCUT2D eigenvalue weighted by molar-refractivity contribution is 0.377. The van der Waals surface area contributed by atoms with E-state index < -0.39 is 0 Å². The summed E-state index contributed by atoms with van der Waals surface area (Å²) in [5.74, 6) is 2.45. The highest BCUT2D eigenvalue weighted by atomic mass is 32.2. The Labute approximate surface area is 197 Å². The van der Waals surface area contributed by atoms with Gasteiger partial charge in [0, 0.05) is 11.3 Å². The minimum absolute atomic E-state index is 0.201. The first-order valence-electron chi connectivity index (χ1n) is 10.3. The minimum atomic E-state index is -0.287. The van der Waals surface area contributed by atoms with Crippen molar-refractivity contribution >= 4 is 34.6 Å². The van der Waals surface area contributed by atoms with Gasteiger partial charge in [-0.3, -0.25) is 4.57 Å². The molecule has 6 rings (SSSR count). The van der Waals surface area contributed by atoms with Crippen molar-refractivity contribution in [3.63, 3.8) is 0 Å². The molecule has 33 heavy (non-hydrogen) atoms. The Balaban J connectivity index is 1.33. The summed E-state index contributed by atoms with van der Waals surface area (Å²) in [4.78, 5) is 5.67. The van der Waals surface area contributed by atoms with Crippen molar-refractivity contribution in [1.29, 1.82) is 0 Å². The van der Waals surface area contributed by atoms with E-state index in [9.17, 15) is 4.39 Å². The molecule has 0 radical (unpaired) electrons. The fourth-order valence-electron chi connectivity index (χ4n) is 3.82. The average molecular weight is 480 g/mol. The molecule has 1 fully saturated rings. The maximum Gasteiger partial charge on any atom is 0.196 e. The number of hydrogen-bond donors (Lipinski definition) is 1. The van der Waals surface area contributed by atoms with E-state index in [1.165, 1.54) is 23.9 Å². The van der Waals surface area contributed by atoms with E-state index in [-0.39, 0.29) is 18.1 Å². The summed E-state index contributed by atoms with van der Waals surface area (Å²) < 4.78 is 27.0. The van der Waals surface area contributed by atoms with Crippen molar-refractivity contribution in [1.82, 2.24) is 14.8 Å². The maximum atomic E-state index is 13.7. The second-order valence-corrected chi connectivity index (χ2v) is 9.35. The first-order valence-corrected chi connectivity index (χ1v) is 12.1. The lowest BCUT2D eigenvalue weighted by Crippen LogP contribution is -2.16. The van der Waals surface area contributed by atoms with Crippen LogP contribution in [0.5, 0.6) is 5.75 Å². The van der Waals surface area contributed by atoms with Gasteiger partial charge in [0.25, 0.3) is 0 Å². The summed E-state index contributed by atoms with van der Waals surface area (Å²) in [6.07, 6.45) is -0.488. The number of halogens is 1. The molecule has 2 atom stereocenters. The van der Waals surface area contributed by atoms with Crippen LogP contribution in [-0.4, -0.2) is 39.7 Å². The zero-order valence-electron chi connectivity index (χ0n) is 17.4. The molecule has 2 aliphatic heterocycles. The summed E-state index contributed by atoms with van der Waals surface area (Å²) in [7, 11) is 1.65. The molecule has 10 heteroatoms. The third-order valence-electron chi connectivity index (χ3n) is 5.39. The van der Waals surface area contributed by atoms with Gasteiger partial charge in [-0.2, -0.15) is 0 Å². The molecule has 2 aliphatic rings. The molecule has 4 heterocycles. The number of amidine groups is 1. The number of hydrogen-bond acceptors (Lipinski definition) is 8. The molecular formula is C23H18FN5O2S2. The zero-order chi connectivity index (χ0) is 22.4. The highest BCUT2D eigenvalue weighted by molar-refractivity contribution is 7.99. The molecule has 2 aromatic heterocycles. The maximum absolute atomic E-state index is 13.7. The van der Waals surface area contributed by atoms with Gasteiger partial charge in [-0.25, -0.2) is 9.38 Å². The standard InChI is InChI=1S/C23H18FN5O2S2/c1-30-17-6-3-2-5-16(17)29-21(18-7-4-10-32-18)27-28-23(29)33-12-19-25-15-9-8-13(24)11-14(15)20-22(26-19)31-20/h2-11,20,22H,12H2,1H3,(H,25,26). The van der Waals surface area contributed by atoms with Gasteiger partial charge in [-0.1, -0.05) is 30.0 Å². The van der Waals surface area contributed by atoms with Crippen LogP contribution in [0.25, 0.3) is 16.4 Å². The normalized spacial score (nSPS) is 18.5. The number of thiophene rings is 1. The minimum Gasteiger partial charge on any atom is -0.495 e. The highest BCUT2D eigenvalue weighted by Crippen LogP contribution is 2.45. The van der Waals surface area contributed by atoms with Crippen LogP contribution in [0, 0.1) is 5.82 Å². The Kier molecular flexibility index (Phi) is 5.12. The Morgan fingerprint density at radius 1 is 1.18 bits per heavy atom. The smallest absolute Gasteiger partial charge is 0.196 e. The largest absolute Gasteiger partial charge is 0.495 e. The van der Waals surface area contributed by atoms with Gasteiger partial charge < -0.3 is 14.8 Å². The molecule has 2 unspecified atom stereocenters. The Hall–Kier alpha value is -3.21. The summed E-state index contributed by atoms with van der Waals surface area (Å²) in [6.45, 7) is 0. The molecule has 166 valence electrons. The van der Waals surface area contributed by atoms with Gasteiger partial charge in [-0.15, -0.1) is 21.5 Å².